The molecule has 2 heterocycles. The molecule has 0 radical (unpaired) electrons. The minimum Gasteiger partial charge on any atom is -0.465 e. The zero-order valence-electron chi connectivity index (χ0n) is 8.63. The molecular formula is C9H9ClN4O3. The highest BCUT2D eigenvalue weighted by Gasteiger charge is 2.31. The van der Waals surface area contributed by atoms with Crippen molar-refractivity contribution < 1.29 is 14.7 Å². The Kier molecular flexibility index (Phi) is 3.10. The summed E-state index contributed by atoms with van der Waals surface area (Å²) in [5.74, 6) is -0.385. The van der Waals surface area contributed by atoms with Gasteiger partial charge in [-0.15, -0.1) is 0 Å². The van der Waals surface area contributed by atoms with E-state index in [0.29, 0.717) is 13.1 Å². The Labute approximate surface area is 101 Å². The lowest BCUT2D eigenvalue weighted by molar-refractivity contribution is 0.0764. The Morgan fingerprint density at radius 3 is 2.65 bits per heavy atom. The number of aromatic nitrogens is 2. The second kappa shape index (κ2) is 4.54. The molecule has 0 spiro atoms. The quantitative estimate of drug-likeness (QED) is 0.789. The number of amides is 2. The number of nitrogens with zero attached hydrogens (tertiary/aromatic N) is 3. The highest BCUT2D eigenvalue weighted by molar-refractivity contribution is 6.29. The molecule has 2 N–H and O–H groups in total. The number of carboxylic acid groups (broad SMARTS) is 1. The Morgan fingerprint density at radius 1 is 1.41 bits per heavy atom. The normalized spacial score (nSPS) is 15.2. The largest absolute Gasteiger partial charge is 0.465 e. The molecule has 1 saturated heterocycles. The van der Waals surface area contributed by atoms with Crippen molar-refractivity contribution in [2.75, 3.05) is 13.1 Å². The lowest BCUT2D eigenvalue weighted by Crippen LogP contribution is -2.60. The fourth-order valence-corrected chi connectivity index (χ4v) is 1.51. The first-order valence-corrected chi connectivity index (χ1v) is 5.20. The fourth-order valence-electron chi connectivity index (χ4n) is 1.41. The summed E-state index contributed by atoms with van der Waals surface area (Å²) >= 11 is 5.54. The maximum Gasteiger partial charge on any atom is 0.407 e. The number of carbonyl (C=O) groups excluding carboxylic acids is 1. The summed E-state index contributed by atoms with van der Waals surface area (Å²) in [6.07, 6.45) is 1.56. The predicted molar refractivity (Wildman–Crippen MR) is 57.9 cm³/mol. The molecule has 2 rings (SSSR count). The van der Waals surface area contributed by atoms with E-state index in [1.54, 1.807) is 0 Å². The molecule has 0 saturated carbocycles. The number of halogens is 1. The van der Waals surface area contributed by atoms with Crippen molar-refractivity contribution >= 4 is 23.6 Å². The Morgan fingerprint density at radius 2 is 2.12 bits per heavy atom. The van der Waals surface area contributed by atoms with Crippen molar-refractivity contribution in [1.29, 1.82) is 0 Å². The first-order valence-electron chi connectivity index (χ1n) is 4.82. The van der Waals surface area contributed by atoms with Gasteiger partial charge < -0.3 is 15.3 Å². The molecule has 0 bridgehead atoms. The van der Waals surface area contributed by atoms with E-state index in [-0.39, 0.29) is 22.8 Å². The third-order valence-electron chi connectivity index (χ3n) is 2.34. The van der Waals surface area contributed by atoms with Crippen LogP contribution in [0, 0.1) is 0 Å². The number of nitrogens with one attached hydrogen (secondary N) is 1. The summed E-state index contributed by atoms with van der Waals surface area (Å²) < 4.78 is 0. The van der Waals surface area contributed by atoms with Crippen molar-refractivity contribution in [3.05, 3.63) is 23.2 Å². The maximum absolute atomic E-state index is 11.6. The van der Waals surface area contributed by atoms with Crippen molar-refractivity contribution in [2.24, 2.45) is 0 Å². The van der Waals surface area contributed by atoms with Gasteiger partial charge in [-0.1, -0.05) is 11.6 Å². The first kappa shape index (κ1) is 11.6. The van der Waals surface area contributed by atoms with Gasteiger partial charge in [0.2, 0.25) is 0 Å². The van der Waals surface area contributed by atoms with Crippen LogP contribution in [0.15, 0.2) is 12.4 Å². The van der Waals surface area contributed by atoms with Gasteiger partial charge in [-0.2, -0.15) is 0 Å². The molecule has 17 heavy (non-hydrogen) atoms. The standard InChI is InChI=1S/C9H9ClN4O3/c10-7-2-11-6(1-12-7)8(15)13-5-3-14(4-5)9(16)17/h1-2,5H,3-4H2,(H,13,15)(H,16,17). The van der Waals surface area contributed by atoms with E-state index in [0.717, 1.165) is 0 Å². The summed E-state index contributed by atoms with van der Waals surface area (Å²) in [6.45, 7) is 0.587. The van der Waals surface area contributed by atoms with E-state index < -0.39 is 6.09 Å². The Balaban J connectivity index is 1.87. The smallest absolute Gasteiger partial charge is 0.407 e. The van der Waals surface area contributed by atoms with Gasteiger partial charge in [0, 0.05) is 13.1 Å². The van der Waals surface area contributed by atoms with Crippen LogP contribution in [0.25, 0.3) is 0 Å². The van der Waals surface area contributed by atoms with Gasteiger partial charge >= 0.3 is 6.09 Å². The molecule has 0 aromatic carbocycles. The zero-order chi connectivity index (χ0) is 12.4. The van der Waals surface area contributed by atoms with E-state index in [4.69, 9.17) is 16.7 Å². The minimum atomic E-state index is -0.984. The van der Waals surface area contributed by atoms with Crippen LogP contribution in [0.1, 0.15) is 10.5 Å². The SMILES string of the molecule is O=C(NC1CN(C(=O)O)C1)c1cnc(Cl)cn1. The van der Waals surface area contributed by atoms with Crippen LogP contribution in [0.4, 0.5) is 4.79 Å². The van der Waals surface area contributed by atoms with E-state index in [1.807, 2.05) is 0 Å². The van der Waals surface area contributed by atoms with E-state index in [2.05, 4.69) is 15.3 Å². The third-order valence-corrected chi connectivity index (χ3v) is 2.54. The van der Waals surface area contributed by atoms with E-state index in [1.165, 1.54) is 17.3 Å². The molecule has 90 valence electrons. The third kappa shape index (κ3) is 2.62. The Bertz CT molecular complexity index is 444. The maximum atomic E-state index is 11.6. The van der Waals surface area contributed by atoms with Crippen LogP contribution in [-0.2, 0) is 0 Å². The molecule has 1 fully saturated rings. The molecule has 1 aromatic rings. The van der Waals surface area contributed by atoms with Crippen LogP contribution in [-0.4, -0.2) is 51.1 Å². The average Bonchev–Trinajstić information content (AvgIpc) is 2.23. The van der Waals surface area contributed by atoms with Crippen molar-refractivity contribution in [2.45, 2.75) is 6.04 Å². The highest BCUT2D eigenvalue weighted by Crippen LogP contribution is 2.08. The van der Waals surface area contributed by atoms with Gasteiger partial charge in [0.1, 0.15) is 10.8 Å². The van der Waals surface area contributed by atoms with Crippen molar-refractivity contribution in [3.8, 4) is 0 Å². The highest BCUT2D eigenvalue weighted by atomic mass is 35.5. The van der Waals surface area contributed by atoms with Crippen LogP contribution in [0.2, 0.25) is 5.15 Å². The lowest BCUT2D eigenvalue weighted by Gasteiger charge is -2.37. The molecule has 1 aliphatic rings. The molecule has 2 amide bonds. The second-order valence-electron chi connectivity index (χ2n) is 3.58. The minimum absolute atomic E-state index is 0.156. The van der Waals surface area contributed by atoms with Gasteiger partial charge in [0.05, 0.1) is 18.4 Å². The molecule has 1 aromatic heterocycles. The molecule has 7 nitrogen and oxygen atoms in total. The monoisotopic (exact) mass is 256 g/mol. The summed E-state index contributed by atoms with van der Waals surface area (Å²) in [5, 5.41) is 11.5. The molecule has 1 aliphatic heterocycles. The van der Waals surface area contributed by atoms with Crippen molar-refractivity contribution in [3.63, 3.8) is 0 Å². The first-order chi connectivity index (χ1) is 8.06. The predicted octanol–water partition coefficient (Wildman–Crippen LogP) is 0.222. The molecular weight excluding hydrogens is 248 g/mol. The van der Waals surface area contributed by atoms with Gasteiger partial charge in [0.15, 0.2) is 0 Å². The van der Waals surface area contributed by atoms with E-state index >= 15 is 0 Å². The van der Waals surface area contributed by atoms with E-state index in [9.17, 15) is 9.59 Å². The topological polar surface area (TPSA) is 95.4 Å². The van der Waals surface area contributed by atoms with Crippen molar-refractivity contribution in [1.82, 2.24) is 20.2 Å². The molecule has 8 heteroatoms. The van der Waals surface area contributed by atoms with Crippen LogP contribution in [0.5, 0.6) is 0 Å². The van der Waals surface area contributed by atoms with Gasteiger partial charge in [0.25, 0.3) is 5.91 Å². The zero-order valence-corrected chi connectivity index (χ0v) is 9.39. The summed E-state index contributed by atoms with van der Waals surface area (Å²) in [4.78, 5) is 30.9. The summed E-state index contributed by atoms with van der Waals surface area (Å²) in [6, 6.07) is -0.170. The summed E-state index contributed by atoms with van der Waals surface area (Å²) in [7, 11) is 0. The lowest BCUT2D eigenvalue weighted by atomic mass is 10.1. The van der Waals surface area contributed by atoms with Crippen LogP contribution >= 0.6 is 11.6 Å². The number of likely N-dealkylation sites (tertiary alicyclic amines) is 1. The molecule has 0 atom stereocenters. The molecule has 0 aliphatic carbocycles. The number of carbonyl (C=O) groups is 2. The fraction of sp³-hybridized carbons (Fsp3) is 0.333. The van der Waals surface area contributed by atoms with Gasteiger partial charge in [-0.25, -0.2) is 14.8 Å². The van der Waals surface area contributed by atoms with Gasteiger partial charge in [-0.3, -0.25) is 4.79 Å². The summed E-state index contributed by atoms with van der Waals surface area (Å²) in [5.41, 5.74) is 0.156. The number of hydrogen-bond donors (Lipinski definition) is 2. The van der Waals surface area contributed by atoms with Crippen LogP contribution < -0.4 is 5.32 Å². The number of rotatable bonds is 2. The van der Waals surface area contributed by atoms with Crippen LogP contribution in [0.3, 0.4) is 0 Å². The Hall–Kier alpha value is -1.89. The van der Waals surface area contributed by atoms with Gasteiger partial charge in [-0.05, 0) is 0 Å². The molecule has 0 unspecified atom stereocenters. The second-order valence-corrected chi connectivity index (χ2v) is 3.97. The number of hydrogen-bond acceptors (Lipinski definition) is 4. The average molecular weight is 257 g/mol.